The van der Waals surface area contributed by atoms with Gasteiger partial charge in [-0.15, -0.1) is 0 Å². The number of aryl methyl sites for hydroxylation is 1. The van der Waals surface area contributed by atoms with Crippen LogP contribution in [0.3, 0.4) is 0 Å². The SMILES string of the molecule is Cn1cc(N2CCC(NS(=O)(=O)c3ccc(Cl)cc3)CC2)c(=O)n(C)c1=O. The van der Waals surface area contributed by atoms with Crippen LogP contribution < -0.4 is 20.9 Å². The second-order valence-electron chi connectivity index (χ2n) is 6.61. The smallest absolute Gasteiger partial charge is 0.330 e. The molecule has 146 valence electrons. The van der Waals surface area contributed by atoms with Crippen molar-refractivity contribution in [2.75, 3.05) is 18.0 Å². The van der Waals surface area contributed by atoms with Crippen molar-refractivity contribution >= 4 is 27.3 Å². The summed E-state index contributed by atoms with van der Waals surface area (Å²) >= 11 is 5.80. The van der Waals surface area contributed by atoms with Gasteiger partial charge in [0, 0.05) is 44.4 Å². The molecule has 2 aromatic rings. The van der Waals surface area contributed by atoms with Crippen LogP contribution in [0.2, 0.25) is 5.02 Å². The number of aromatic nitrogens is 2. The molecule has 1 aromatic carbocycles. The summed E-state index contributed by atoms with van der Waals surface area (Å²) in [7, 11) is -0.583. The van der Waals surface area contributed by atoms with Crippen LogP contribution in [0.15, 0.2) is 44.9 Å². The summed E-state index contributed by atoms with van der Waals surface area (Å²) in [5.41, 5.74) is -0.286. The molecule has 0 aliphatic carbocycles. The first-order chi connectivity index (χ1) is 12.7. The van der Waals surface area contributed by atoms with Gasteiger partial charge in [-0.2, -0.15) is 0 Å². The number of nitrogens with zero attached hydrogens (tertiary/aromatic N) is 3. The van der Waals surface area contributed by atoms with Crippen molar-refractivity contribution in [1.29, 1.82) is 0 Å². The van der Waals surface area contributed by atoms with Crippen LogP contribution in [0.4, 0.5) is 5.69 Å². The highest BCUT2D eigenvalue weighted by Crippen LogP contribution is 2.19. The second kappa shape index (κ2) is 7.49. The molecule has 1 saturated heterocycles. The molecule has 1 aliphatic rings. The van der Waals surface area contributed by atoms with E-state index < -0.39 is 10.0 Å². The first-order valence-electron chi connectivity index (χ1n) is 8.48. The number of nitrogens with one attached hydrogen (secondary N) is 1. The third-order valence-corrected chi connectivity index (χ3v) is 6.50. The molecule has 0 bridgehead atoms. The van der Waals surface area contributed by atoms with E-state index in [4.69, 9.17) is 11.6 Å². The van der Waals surface area contributed by atoms with Gasteiger partial charge in [0.2, 0.25) is 10.0 Å². The molecular formula is C17H21ClN4O4S. The highest BCUT2D eigenvalue weighted by atomic mass is 35.5. The Morgan fingerprint density at radius 2 is 1.67 bits per heavy atom. The maximum Gasteiger partial charge on any atom is 0.330 e. The minimum atomic E-state index is -3.62. The summed E-state index contributed by atoms with van der Waals surface area (Å²) < 4.78 is 30.1. The molecule has 8 nitrogen and oxygen atoms in total. The quantitative estimate of drug-likeness (QED) is 0.797. The lowest BCUT2D eigenvalue weighted by Crippen LogP contribution is -2.47. The molecule has 1 aromatic heterocycles. The Bertz CT molecular complexity index is 1050. The van der Waals surface area contributed by atoms with E-state index in [1.165, 1.54) is 42.1 Å². The lowest BCUT2D eigenvalue weighted by molar-refractivity contribution is 0.457. The third-order valence-electron chi connectivity index (χ3n) is 4.71. The highest BCUT2D eigenvalue weighted by molar-refractivity contribution is 7.89. The third kappa shape index (κ3) is 4.10. The number of hydrogen-bond donors (Lipinski definition) is 1. The maximum absolute atomic E-state index is 12.5. The Balaban J connectivity index is 1.70. The monoisotopic (exact) mass is 412 g/mol. The van der Waals surface area contributed by atoms with Crippen LogP contribution in [0.5, 0.6) is 0 Å². The van der Waals surface area contributed by atoms with Crippen LogP contribution >= 0.6 is 11.6 Å². The molecule has 10 heteroatoms. The predicted octanol–water partition coefficient (Wildman–Crippen LogP) is 0.685. The van der Waals surface area contributed by atoms with Crippen molar-refractivity contribution < 1.29 is 8.42 Å². The van der Waals surface area contributed by atoms with E-state index in [2.05, 4.69) is 4.72 Å². The largest absolute Gasteiger partial charge is 0.366 e. The summed E-state index contributed by atoms with van der Waals surface area (Å²) in [6, 6.07) is 5.78. The number of hydrogen-bond acceptors (Lipinski definition) is 5. The number of piperidine rings is 1. The molecule has 3 rings (SSSR count). The highest BCUT2D eigenvalue weighted by Gasteiger charge is 2.26. The molecular weight excluding hydrogens is 392 g/mol. The van der Waals surface area contributed by atoms with Gasteiger partial charge < -0.3 is 9.47 Å². The van der Waals surface area contributed by atoms with Crippen LogP contribution in [-0.4, -0.2) is 36.7 Å². The van der Waals surface area contributed by atoms with Gasteiger partial charge in [0.1, 0.15) is 5.69 Å². The van der Waals surface area contributed by atoms with Crippen LogP contribution in [0.1, 0.15) is 12.8 Å². The minimum absolute atomic E-state index is 0.168. The summed E-state index contributed by atoms with van der Waals surface area (Å²) in [6.07, 6.45) is 2.64. The molecule has 2 heterocycles. The van der Waals surface area contributed by atoms with Gasteiger partial charge in [-0.05, 0) is 37.1 Å². The molecule has 0 radical (unpaired) electrons. The van der Waals surface area contributed by atoms with Crippen LogP contribution in [-0.2, 0) is 24.1 Å². The van der Waals surface area contributed by atoms with E-state index in [1.54, 1.807) is 7.05 Å². The molecule has 0 spiro atoms. The summed E-state index contributed by atoms with van der Waals surface area (Å²) in [5, 5.41) is 0.473. The Kier molecular flexibility index (Phi) is 5.45. The molecule has 1 N–H and O–H groups in total. The number of sulfonamides is 1. The summed E-state index contributed by atoms with van der Waals surface area (Å²) in [6.45, 7) is 1.03. The van der Waals surface area contributed by atoms with Gasteiger partial charge in [-0.1, -0.05) is 11.6 Å². The lowest BCUT2D eigenvalue weighted by Gasteiger charge is -2.33. The van der Waals surface area contributed by atoms with Gasteiger partial charge in [0.25, 0.3) is 5.56 Å². The van der Waals surface area contributed by atoms with Crippen molar-refractivity contribution in [1.82, 2.24) is 13.9 Å². The predicted molar refractivity (Wildman–Crippen MR) is 104 cm³/mol. The molecule has 1 fully saturated rings. The van der Waals surface area contributed by atoms with Gasteiger partial charge >= 0.3 is 5.69 Å². The van der Waals surface area contributed by atoms with E-state index >= 15 is 0 Å². The van der Waals surface area contributed by atoms with Crippen LogP contribution in [0, 0.1) is 0 Å². The number of benzene rings is 1. The molecule has 1 aliphatic heterocycles. The molecule has 0 atom stereocenters. The fourth-order valence-corrected chi connectivity index (χ4v) is 4.58. The Morgan fingerprint density at radius 1 is 1.07 bits per heavy atom. The number of halogens is 1. The molecule has 0 unspecified atom stereocenters. The van der Waals surface area contributed by atoms with Gasteiger partial charge in [0.05, 0.1) is 4.90 Å². The zero-order valence-corrected chi connectivity index (χ0v) is 16.6. The summed E-state index contributed by atoms with van der Waals surface area (Å²) in [5.74, 6) is 0. The number of anilines is 1. The maximum atomic E-state index is 12.5. The Morgan fingerprint density at radius 3 is 2.26 bits per heavy atom. The zero-order valence-electron chi connectivity index (χ0n) is 15.1. The van der Waals surface area contributed by atoms with Crippen molar-refractivity contribution in [3.05, 3.63) is 56.3 Å². The Labute approximate surface area is 162 Å². The van der Waals surface area contributed by atoms with Crippen molar-refractivity contribution in [3.8, 4) is 0 Å². The van der Waals surface area contributed by atoms with E-state index in [1.807, 2.05) is 4.90 Å². The van der Waals surface area contributed by atoms with E-state index in [0.717, 1.165) is 4.57 Å². The minimum Gasteiger partial charge on any atom is -0.366 e. The van der Waals surface area contributed by atoms with E-state index in [9.17, 15) is 18.0 Å². The standard InChI is InChI=1S/C17H21ClN4O4S/c1-20-11-15(16(23)21(2)17(20)24)22-9-7-13(8-10-22)19-27(25,26)14-5-3-12(18)4-6-14/h3-6,11,13,19H,7-10H2,1-2H3. The van der Waals surface area contributed by atoms with Gasteiger partial charge in [-0.3, -0.25) is 9.36 Å². The van der Waals surface area contributed by atoms with Gasteiger partial charge in [0.15, 0.2) is 0 Å². The molecule has 27 heavy (non-hydrogen) atoms. The molecule has 0 saturated carbocycles. The first kappa shape index (κ1) is 19.7. The fraction of sp³-hybridized carbons (Fsp3) is 0.412. The van der Waals surface area contributed by atoms with Crippen molar-refractivity contribution in [3.63, 3.8) is 0 Å². The zero-order chi connectivity index (χ0) is 19.8. The second-order valence-corrected chi connectivity index (χ2v) is 8.76. The first-order valence-corrected chi connectivity index (χ1v) is 10.3. The fourth-order valence-electron chi connectivity index (χ4n) is 3.15. The van der Waals surface area contributed by atoms with E-state index in [-0.39, 0.29) is 22.2 Å². The van der Waals surface area contributed by atoms with Crippen LogP contribution in [0.25, 0.3) is 0 Å². The normalized spacial score (nSPS) is 15.9. The average molecular weight is 413 g/mol. The van der Waals surface area contributed by atoms with Crippen molar-refractivity contribution in [2.45, 2.75) is 23.8 Å². The lowest BCUT2D eigenvalue weighted by atomic mass is 10.1. The molecule has 0 amide bonds. The van der Waals surface area contributed by atoms with E-state index in [0.29, 0.717) is 36.6 Å². The topological polar surface area (TPSA) is 93.4 Å². The summed E-state index contributed by atoms with van der Waals surface area (Å²) in [4.78, 5) is 26.2. The number of rotatable bonds is 4. The van der Waals surface area contributed by atoms with Gasteiger partial charge in [-0.25, -0.2) is 17.9 Å². The average Bonchev–Trinajstić information content (AvgIpc) is 2.64. The van der Waals surface area contributed by atoms with Crippen molar-refractivity contribution in [2.24, 2.45) is 14.1 Å². The Hall–Kier alpha value is -2.10.